The van der Waals surface area contributed by atoms with E-state index in [0.29, 0.717) is 51.8 Å². The van der Waals surface area contributed by atoms with Gasteiger partial charge in [0.1, 0.15) is 0 Å². The molecule has 0 atom stereocenters. The number of aryl methyl sites for hydroxylation is 1. The number of rotatable bonds is 9. The highest BCUT2D eigenvalue weighted by atomic mass is 16.7. The summed E-state index contributed by atoms with van der Waals surface area (Å²) in [5, 5.41) is 6.83. The first-order chi connectivity index (χ1) is 20.4. The van der Waals surface area contributed by atoms with E-state index in [9.17, 15) is 14.4 Å². The average molecular weight is 566 g/mol. The van der Waals surface area contributed by atoms with Crippen LogP contribution in [0.4, 0.5) is 5.69 Å². The number of nitrogens with one attached hydrogen (secondary N) is 2. The maximum Gasteiger partial charge on any atom is 0.343 e. The number of anilines is 1. The molecule has 2 amide bonds. The van der Waals surface area contributed by atoms with Crippen LogP contribution >= 0.6 is 0 Å². The Balaban J connectivity index is 1.21. The number of amides is 2. The van der Waals surface area contributed by atoms with Crippen molar-refractivity contribution >= 4 is 29.7 Å². The molecule has 0 fully saturated rings. The molecule has 0 saturated heterocycles. The highest BCUT2D eigenvalue weighted by Gasteiger charge is 2.19. The molecule has 10 nitrogen and oxygen atoms in total. The van der Waals surface area contributed by atoms with Gasteiger partial charge < -0.3 is 24.3 Å². The van der Waals surface area contributed by atoms with Gasteiger partial charge in [-0.05, 0) is 86.1 Å². The fourth-order valence-electron chi connectivity index (χ4n) is 4.02. The van der Waals surface area contributed by atoms with E-state index >= 15 is 0 Å². The van der Waals surface area contributed by atoms with Crippen molar-refractivity contribution in [1.82, 2.24) is 5.43 Å². The molecule has 4 aromatic rings. The lowest BCUT2D eigenvalue weighted by Gasteiger charge is -2.11. The minimum absolute atomic E-state index is 0.102. The van der Waals surface area contributed by atoms with Crippen molar-refractivity contribution in [2.24, 2.45) is 5.10 Å². The number of ether oxygens (including phenoxy) is 4. The zero-order chi connectivity index (χ0) is 29.5. The molecule has 212 valence electrons. The fraction of sp³-hybridized carbons (Fsp3) is 0.125. The molecule has 0 spiro atoms. The maximum absolute atomic E-state index is 12.7. The van der Waals surface area contributed by atoms with Crippen LogP contribution in [-0.2, 0) is 0 Å². The van der Waals surface area contributed by atoms with Crippen molar-refractivity contribution < 1.29 is 33.3 Å². The second kappa shape index (κ2) is 12.7. The zero-order valence-corrected chi connectivity index (χ0v) is 22.9. The number of carbonyl (C=O) groups is 3. The van der Waals surface area contributed by atoms with E-state index < -0.39 is 11.9 Å². The van der Waals surface area contributed by atoms with Gasteiger partial charge in [0.05, 0.1) is 18.4 Å². The Labute approximate surface area is 241 Å². The summed E-state index contributed by atoms with van der Waals surface area (Å²) in [4.78, 5) is 37.9. The summed E-state index contributed by atoms with van der Waals surface area (Å²) >= 11 is 0. The molecule has 0 aliphatic carbocycles. The maximum atomic E-state index is 12.7. The highest BCUT2D eigenvalue weighted by molar-refractivity contribution is 6.05. The first-order valence-corrected chi connectivity index (χ1v) is 13.1. The Kier molecular flexibility index (Phi) is 8.43. The summed E-state index contributed by atoms with van der Waals surface area (Å²) in [6.07, 6.45) is 1.44. The highest BCUT2D eigenvalue weighted by Crippen LogP contribution is 2.34. The number of hydrogen-bond donors (Lipinski definition) is 2. The largest absolute Gasteiger partial charge is 0.490 e. The van der Waals surface area contributed by atoms with Gasteiger partial charge in [0.25, 0.3) is 11.8 Å². The summed E-state index contributed by atoms with van der Waals surface area (Å²) in [6.45, 7) is 4.19. The Morgan fingerprint density at radius 3 is 2.43 bits per heavy atom. The van der Waals surface area contributed by atoms with Crippen molar-refractivity contribution in [1.29, 1.82) is 0 Å². The van der Waals surface area contributed by atoms with Crippen molar-refractivity contribution in [2.45, 2.75) is 13.8 Å². The summed E-state index contributed by atoms with van der Waals surface area (Å²) < 4.78 is 21.8. The molecule has 10 heteroatoms. The van der Waals surface area contributed by atoms with Crippen molar-refractivity contribution in [3.05, 3.63) is 113 Å². The molecule has 0 bridgehead atoms. The average Bonchev–Trinajstić information content (AvgIpc) is 3.47. The van der Waals surface area contributed by atoms with Gasteiger partial charge in [0.2, 0.25) is 6.79 Å². The van der Waals surface area contributed by atoms with E-state index in [2.05, 4.69) is 15.8 Å². The Morgan fingerprint density at radius 1 is 0.833 bits per heavy atom. The van der Waals surface area contributed by atoms with Crippen molar-refractivity contribution in [3.63, 3.8) is 0 Å². The van der Waals surface area contributed by atoms with Gasteiger partial charge in [-0.3, -0.25) is 9.59 Å². The molecule has 0 radical (unpaired) electrons. The van der Waals surface area contributed by atoms with E-state index in [0.717, 1.165) is 5.56 Å². The van der Waals surface area contributed by atoms with Crippen LogP contribution in [0.15, 0.2) is 90.0 Å². The zero-order valence-electron chi connectivity index (χ0n) is 22.9. The fourth-order valence-corrected chi connectivity index (χ4v) is 4.02. The normalized spacial score (nSPS) is 11.7. The molecule has 1 aliphatic rings. The van der Waals surface area contributed by atoms with E-state index in [4.69, 9.17) is 18.9 Å². The molecule has 5 rings (SSSR count). The molecule has 1 aliphatic heterocycles. The quantitative estimate of drug-likeness (QED) is 0.121. The van der Waals surface area contributed by atoms with Gasteiger partial charge in [0, 0.05) is 16.8 Å². The first-order valence-electron chi connectivity index (χ1n) is 13.1. The van der Waals surface area contributed by atoms with Crippen LogP contribution in [0.5, 0.6) is 23.0 Å². The molecule has 0 saturated carbocycles. The number of nitrogens with zero attached hydrogens (tertiary/aromatic N) is 1. The van der Waals surface area contributed by atoms with Gasteiger partial charge in [0.15, 0.2) is 23.0 Å². The van der Waals surface area contributed by atoms with Gasteiger partial charge in [-0.25, -0.2) is 10.2 Å². The predicted octanol–water partition coefficient (Wildman–Crippen LogP) is 5.36. The minimum atomic E-state index is -0.583. The second-order valence-corrected chi connectivity index (χ2v) is 9.20. The van der Waals surface area contributed by atoms with Crippen LogP contribution in [0.2, 0.25) is 0 Å². The van der Waals surface area contributed by atoms with E-state index in [1.54, 1.807) is 72.8 Å². The lowest BCUT2D eigenvalue weighted by molar-refractivity contribution is 0.0727. The summed E-state index contributed by atoms with van der Waals surface area (Å²) in [7, 11) is 0. The Bertz CT molecular complexity index is 1670. The SMILES string of the molecule is CCOc1cc(C=NNC(=O)c2cccc(NC(=O)c3ccc(C)cc3)c2)ccc1OC(=O)c1ccc2c(c1)OCO2. The molecular formula is C32H27N3O7. The second-order valence-electron chi connectivity index (χ2n) is 9.20. The van der Waals surface area contributed by atoms with Crippen LogP contribution < -0.4 is 29.7 Å². The van der Waals surface area contributed by atoms with Crippen molar-refractivity contribution in [2.75, 3.05) is 18.7 Å². The van der Waals surface area contributed by atoms with Gasteiger partial charge >= 0.3 is 5.97 Å². The monoisotopic (exact) mass is 565 g/mol. The lowest BCUT2D eigenvalue weighted by Crippen LogP contribution is -2.18. The number of hydrazone groups is 1. The standard InChI is InChI=1S/C32H27N3O7/c1-3-39-28-15-21(9-13-27(28)42-32(38)24-12-14-26-29(17-24)41-19-40-26)18-33-35-31(37)23-5-4-6-25(16-23)34-30(36)22-10-7-20(2)8-11-22/h4-18H,3,19H2,1-2H3,(H,34,36)(H,35,37). The third-order valence-electron chi connectivity index (χ3n) is 6.15. The third-order valence-corrected chi connectivity index (χ3v) is 6.15. The number of benzene rings is 4. The Hall–Kier alpha value is -5.64. The summed E-state index contributed by atoms with van der Waals surface area (Å²) in [5.74, 6) is 0.277. The molecule has 0 aromatic heterocycles. The van der Waals surface area contributed by atoms with Gasteiger partial charge in [-0.1, -0.05) is 23.8 Å². The van der Waals surface area contributed by atoms with E-state index in [-0.39, 0.29) is 18.4 Å². The van der Waals surface area contributed by atoms with E-state index in [1.807, 2.05) is 26.0 Å². The van der Waals surface area contributed by atoms with Gasteiger partial charge in [-0.2, -0.15) is 5.10 Å². The molecule has 1 heterocycles. The number of fused-ring (bicyclic) bond motifs is 1. The molecular weight excluding hydrogens is 538 g/mol. The third kappa shape index (κ3) is 6.73. The first kappa shape index (κ1) is 27.9. The number of carbonyl (C=O) groups excluding carboxylic acids is 3. The number of hydrogen-bond acceptors (Lipinski definition) is 8. The molecule has 2 N–H and O–H groups in total. The van der Waals surface area contributed by atoms with Crippen LogP contribution in [0, 0.1) is 6.92 Å². The van der Waals surface area contributed by atoms with Gasteiger partial charge in [-0.15, -0.1) is 0 Å². The lowest BCUT2D eigenvalue weighted by atomic mass is 10.1. The predicted molar refractivity (Wildman–Crippen MR) is 156 cm³/mol. The number of esters is 1. The molecule has 42 heavy (non-hydrogen) atoms. The smallest absolute Gasteiger partial charge is 0.343 e. The summed E-state index contributed by atoms with van der Waals surface area (Å²) in [6, 6.07) is 23.4. The van der Waals surface area contributed by atoms with Crippen LogP contribution in [-0.4, -0.2) is 37.4 Å². The minimum Gasteiger partial charge on any atom is -0.490 e. The van der Waals surface area contributed by atoms with Crippen molar-refractivity contribution in [3.8, 4) is 23.0 Å². The summed E-state index contributed by atoms with van der Waals surface area (Å²) in [5.41, 5.74) is 5.73. The topological polar surface area (TPSA) is 125 Å². The van der Waals surface area contributed by atoms with E-state index in [1.165, 1.54) is 6.21 Å². The van der Waals surface area contributed by atoms with Crippen LogP contribution in [0.3, 0.4) is 0 Å². The van der Waals surface area contributed by atoms with Crippen LogP contribution in [0.1, 0.15) is 49.1 Å². The molecule has 0 unspecified atom stereocenters. The van der Waals surface area contributed by atoms with Crippen LogP contribution in [0.25, 0.3) is 0 Å². The molecule has 4 aromatic carbocycles. The Morgan fingerprint density at radius 2 is 1.62 bits per heavy atom.